The molecule has 0 aromatic heterocycles. The second-order valence-electron chi connectivity index (χ2n) is 4.63. The molecule has 0 aliphatic heterocycles. The van der Waals surface area contributed by atoms with Crippen LogP contribution in [0.4, 0.5) is 11.4 Å². The molecule has 0 fully saturated rings. The Morgan fingerprint density at radius 1 is 1.45 bits per heavy atom. The van der Waals surface area contributed by atoms with Crippen molar-refractivity contribution in [2.45, 2.75) is 26.3 Å². The zero-order chi connectivity index (χ0) is 15.3. The Morgan fingerprint density at radius 2 is 2.10 bits per heavy atom. The maximum absolute atomic E-state index is 11.1. The molecule has 1 aromatic carbocycles. The number of hydrogen-bond acceptors (Lipinski definition) is 5. The Balaban J connectivity index is 3.20. The third-order valence-electron chi connectivity index (χ3n) is 2.92. The summed E-state index contributed by atoms with van der Waals surface area (Å²) in [4.78, 5) is 23.1. The highest BCUT2D eigenvalue weighted by Crippen LogP contribution is 2.26. The van der Waals surface area contributed by atoms with Crippen molar-refractivity contribution in [3.63, 3.8) is 0 Å². The average molecular weight is 282 g/mol. The fourth-order valence-corrected chi connectivity index (χ4v) is 1.96. The van der Waals surface area contributed by atoms with Gasteiger partial charge in [-0.3, -0.25) is 10.1 Å². The van der Waals surface area contributed by atoms with Gasteiger partial charge in [-0.05, 0) is 32.4 Å². The van der Waals surface area contributed by atoms with Crippen molar-refractivity contribution in [2.24, 2.45) is 0 Å². The molecule has 0 aliphatic rings. The summed E-state index contributed by atoms with van der Waals surface area (Å²) in [6.07, 6.45) is 0.539. The van der Waals surface area contributed by atoms with Crippen LogP contribution in [0.2, 0.25) is 0 Å². The van der Waals surface area contributed by atoms with Crippen LogP contribution in [0.3, 0.4) is 0 Å². The normalized spacial score (nSPS) is 10.6. The third-order valence-corrected chi connectivity index (χ3v) is 2.92. The fourth-order valence-electron chi connectivity index (χ4n) is 1.96. The summed E-state index contributed by atoms with van der Waals surface area (Å²) in [7, 11) is 0. The molecule has 2 N–H and O–H groups in total. The molecule has 0 amide bonds. The molecule has 0 spiro atoms. The van der Waals surface area contributed by atoms with Crippen molar-refractivity contribution >= 4 is 17.3 Å². The van der Waals surface area contributed by atoms with Gasteiger partial charge in [-0.25, -0.2) is 4.79 Å². The lowest BCUT2D eigenvalue weighted by molar-refractivity contribution is -0.385. The summed E-state index contributed by atoms with van der Waals surface area (Å²) < 4.78 is 0. The monoisotopic (exact) mass is 282 g/mol. The van der Waals surface area contributed by atoms with Gasteiger partial charge in [-0.1, -0.05) is 0 Å². The van der Waals surface area contributed by atoms with Crippen LogP contribution in [0, 0.1) is 10.1 Å². The molecule has 0 heterocycles. The van der Waals surface area contributed by atoms with Gasteiger partial charge in [0.15, 0.2) is 0 Å². The van der Waals surface area contributed by atoms with Crippen molar-refractivity contribution in [3.05, 3.63) is 33.9 Å². The lowest BCUT2D eigenvalue weighted by atomic mass is 10.1. The molecule has 0 bridgehead atoms. The molecular formula is C13H18N2O5. The fraction of sp³-hybridized carbons (Fsp3) is 0.462. The predicted octanol–water partition coefficient (Wildman–Crippen LogP) is 1.89. The molecule has 7 heteroatoms. The first-order valence-electron chi connectivity index (χ1n) is 6.27. The molecule has 0 saturated heterocycles. The van der Waals surface area contributed by atoms with E-state index in [1.54, 1.807) is 0 Å². The van der Waals surface area contributed by atoms with Crippen LogP contribution in [-0.2, 0) is 0 Å². The number of aromatic carboxylic acids is 1. The SMILES string of the molecule is CC(C)N(CCCO)c1ccc([N+](=O)[O-])c(C(=O)O)c1. The number of nitro groups is 1. The Morgan fingerprint density at radius 3 is 2.55 bits per heavy atom. The highest BCUT2D eigenvalue weighted by Gasteiger charge is 2.22. The highest BCUT2D eigenvalue weighted by molar-refractivity contribution is 5.93. The van der Waals surface area contributed by atoms with E-state index in [4.69, 9.17) is 10.2 Å². The molecule has 0 saturated carbocycles. The first-order valence-corrected chi connectivity index (χ1v) is 6.27. The van der Waals surface area contributed by atoms with Crippen molar-refractivity contribution in [3.8, 4) is 0 Å². The molecule has 0 atom stereocenters. The van der Waals surface area contributed by atoms with Crippen LogP contribution >= 0.6 is 0 Å². The Bertz CT molecular complexity index is 502. The highest BCUT2D eigenvalue weighted by atomic mass is 16.6. The van der Waals surface area contributed by atoms with Crippen LogP contribution in [0.25, 0.3) is 0 Å². The number of nitro benzene ring substituents is 1. The summed E-state index contributed by atoms with van der Waals surface area (Å²) in [5.74, 6) is -1.33. The maximum Gasteiger partial charge on any atom is 0.342 e. The van der Waals surface area contributed by atoms with Crippen LogP contribution in [0.5, 0.6) is 0 Å². The number of carboxylic acid groups (broad SMARTS) is 1. The first kappa shape index (κ1) is 15.9. The van der Waals surface area contributed by atoms with Gasteiger partial charge < -0.3 is 15.1 Å². The largest absolute Gasteiger partial charge is 0.477 e. The van der Waals surface area contributed by atoms with E-state index < -0.39 is 16.6 Å². The van der Waals surface area contributed by atoms with E-state index in [-0.39, 0.29) is 18.2 Å². The second kappa shape index (κ2) is 6.85. The third kappa shape index (κ3) is 3.67. The van der Waals surface area contributed by atoms with Crippen LogP contribution in [0.15, 0.2) is 18.2 Å². The number of aliphatic hydroxyl groups is 1. The second-order valence-corrected chi connectivity index (χ2v) is 4.63. The maximum atomic E-state index is 11.1. The Kier molecular flexibility index (Phi) is 5.45. The molecule has 0 unspecified atom stereocenters. The van der Waals surface area contributed by atoms with Gasteiger partial charge in [0.25, 0.3) is 5.69 Å². The first-order chi connectivity index (χ1) is 9.38. The van der Waals surface area contributed by atoms with Gasteiger partial charge in [0.2, 0.25) is 0 Å². The van der Waals surface area contributed by atoms with Gasteiger partial charge in [0.05, 0.1) is 4.92 Å². The number of carbonyl (C=O) groups is 1. The summed E-state index contributed by atoms with van der Waals surface area (Å²) in [5, 5.41) is 28.8. The number of aliphatic hydroxyl groups excluding tert-OH is 1. The molecule has 7 nitrogen and oxygen atoms in total. The molecule has 20 heavy (non-hydrogen) atoms. The van der Waals surface area contributed by atoms with E-state index in [9.17, 15) is 14.9 Å². The Hall–Kier alpha value is -2.15. The predicted molar refractivity (Wildman–Crippen MR) is 74.2 cm³/mol. The molecule has 1 rings (SSSR count). The number of carboxylic acids is 1. The zero-order valence-electron chi connectivity index (χ0n) is 11.4. The lowest BCUT2D eigenvalue weighted by Crippen LogP contribution is -2.32. The van der Waals surface area contributed by atoms with Gasteiger partial charge in [-0.15, -0.1) is 0 Å². The smallest absolute Gasteiger partial charge is 0.342 e. The van der Waals surface area contributed by atoms with Crippen molar-refractivity contribution < 1.29 is 19.9 Å². The van der Waals surface area contributed by atoms with E-state index in [0.717, 1.165) is 0 Å². The van der Waals surface area contributed by atoms with E-state index in [0.29, 0.717) is 18.7 Å². The van der Waals surface area contributed by atoms with Crippen molar-refractivity contribution in [1.82, 2.24) is 0 Å². The van der Waals surface area contributed by atoms with E-state index in [2.05, 4.69) is 0 Å². The molecule has 110 valence electrons. The zero-order valence-corrected chi connectivity index (χ0v) is 11.4. The van der Waals surface area contributed by atoms with Gasteiger partial charge >= 0.3 is 5.97 Å². The summed E-state index contributed by atoms with van der Waals surface area (Å²) in [5.41, 5.74) is -0.161. The average Bonchev–Trinajstić information content (AvgIpc) is 2.38. The lowest BCUT2D eigenvalue weighted by Gasteiger charge is -2.29. The van der Waals surface area contributed by atoms with E-state index in [1.165, 1.54) is 18.2 Å². The van der Waals surface area contributed by atoms with Crippen LogP contribution in [-0.4, -0.2) is 40.3 Å². The van der Waals surface area contributed by atoms with Crippen LogP contribution < -0.4 is 4.90 Å². The minimum absolute atomic E-state index is 0.0298. The quantitative estimate of drug-likeness (QED) is 0.584. The van der Waals surface area contributed by atoms with Crippen LogP contribution in [0.1, 0.15) is 30.6 Å². The topological polar surface area (TPSA) is 104 Å². The summed E-state index contributed by atoms with van der Waals surface area (Å²) in [6, 6.07) is 4.12. The van der Waals surface area contributed by atoms with E-state index >= 15 is 0 Å². The molecule has 1 aromatic rings. The van der Waals surface area contributed by atoms with Crippen molar-refractivity contribution in [2.75, 3.05) is 18.1 Å². The minimum atomic E-state index is -1.33. The standard InChI is InChI=1S/C13H18N2O5/c1-9(2)14(6-3-7-16)10-4-5-12(15(19)20)11(8-10)13(17)18/h4-5,8-9,16H,3,6-7H2,1-2H3,(H,17,18). The van der Waals surface area contributed by atoms with Gasteiger partial charge in [0.1, 0.15) is 5.56 Å². The Labute approximate surface area is 116 Å². The van der Waals surface area contributed by atoms with Gasteiger partial charge in [-0.2, -0.15) is 0 Å². The number of anilines is 1. The molecule has 0 radical (unpaired) electrons. The van der Waals surface area contributed by atoms with E-state index in [1.807, 2.05) is 18.7 Å². The molecular weight excluding hydrogens is 264 g/mol. The summed E-state index contributed by atoms with van der Waals surface area (Å²) >= 11 is 0. The number of hydrogen-bond donors (Lipinski definition) is 2. The summed E-state index contributed by atoms with van der Waals surface area (Å²) in [6.45, 7) is 4.44. The number of benzene rings is 1. The number of rotatable bonds is 7. The molecule has 0 aliphatic carbocycles. The van der Waals surface area contributed by atoms with Gasteiger partial charge in [0, 0.05) is 30.9 Å². The van der Waals surface area contributed by atoms with Crippen molar-refractivity contribution in [1.29, 1.82) is 0 Å². The number of nitrogens with zero attached hydrogens (tertiary/aromatic N) is 2. The minimum Gasteiger partial charge on any atom is -0.477 e.